The van der Waals surface area contributed by atoms with Gasteiger partial charge in [0.15, 0.2) is 0 Å². The van der Waals surface area contributed by atoms with Crippen molar-refractivity contribution in [3.8, 4) is 5.75 Å². The standard InChI is InChI=1S/C32H41F3N4O2/c33-32(34,35)28-8-7-9-29(23-28)38-18-16-37(17-19-38)15-4-1-3-10-31(40)39-24-26-11-12-30(22-27(26)25-39)41-21-20-36-13-5-2-6-14-36/h7-9,11-12,22-25H,1-6,10,13-21H2. The van der Waals surface area contributed by atoms with Gasteiger partial charge in [0.25, 0.3) is 0 Å². The molecule has 2 saturated heterocycles. The number of piperazine rings is 1. The molecule has 9 heteroatoms. The lowest BCUT2D eigenvalue weighted by atomic mass is 10.1. The largest absolute Gasteiger partial charge is 0.492 e. The van der Waals surface area contributed by atoms with E-state index in [1.807, 2.05) is 35.5 Å². The second kappa shape index (κ2) is 13.7. The van der Waals surface area contributed by atoms with Crippen molar-refractivity contribution in [3.05, 3.63) is 60.4 Å². The van der Waals surface area contributed by atoms with E-state index in [0.29, 0.717) is 31.8 Å². The molecule has 41 heavy (non-hydrogen) atoms. The molecule has 222 valence electrons. The minimum Gasteiger partial charge on any atom is -0.492 e. The van der Waals surface area contributed by atoms with E-state index in [1.54, 1.807) is 10.6 Å². The molecule has 0 amide bonds. The summed E-state index contributed by atoms with van der Waals surface area (Å²) in [6, 6.07) is 11.6. The SMILES string of the molecule is O=C(CCCCCN1CCN(c2cccc(C(F)(F)F)c2)CC1)n1cc2ccc(OCCN3CCCCC3)cc2c1. The van der Waals surface area contributed by atoms with Gasteiger partial charge in [-0.15, -0.1) is 0 Å². The summed E-state index contributed by atoms with van der Waals surface area (Å²) in [5, 5.41) is 2.05. The summed E-state index contributed by atoms with van der Waals surface area (Å²) in [7, 11) is 0. The number of likely N-dealkylation sites (tertiary alicyclic amines) is 1. The molecule has 1 aromatic heterocycles. The summed E-state index contributed by atoms with van der Waals surface area (Å²) >= 11 is 0. The van der Waals surface area contributed by atoms with Crippen LogP contribution in [0.5, 0.6) is 5.75 Å². The first-order valence-electron chi connectivity index (χ1n) is 15.0. The highest BCUT2D eigenvalue weighted by molar-refractivity contribution is 5.90. The molecule has 0 saturated carbocycles. The van der Waals surface area contributed by atoms with Crippen LogP contribution >= 0.6 is 0 Å². The molecule has 3 heterocycles. The van der Waals surface area contributed by atoms with Gasteiger partial charge in [0.05, 0.1) is 5.56 Å². The van der Waals surface area contributed by atoms with Crippen molar-refractivity contribution in [3.63, 3.8) is 0 Å². The topological polar surface area (TPSA) is 41.0 Å². The fourth-order valence-electron chi connectivity index (χ4n) is 5.85. The molecule has 0 unspecified atom stereocenters. The van der Waals surface area contributed by atoms with E-state index >= 15 is 0 Å². The summed E-state index contributed by atoms with van der Waals surface area (Å²) in [5.41, 5.74) is 0.0320. The fraction of sp³-hybridized carbons (Fsp3) is 0.531. The Morgan fingerprint density at radius 1 is 0.780 bits per heavy atom. The van der Waals surface area contributed by atoms with E-state index < -0.39 is 11.7 Å². The monoisotopic (exact) mass is 570 g/mol. The van der Waals surface area contributed by atoms with Crippen molar-refractivity contribution in [1.82, 2.24) is 14.4 Å². The number of rotatable bonds is 11. The summed E-state index contributed by atoms with van der Waals surface area (Å²) in [6.07, 6.45) is 6.68. The molecule has 2 fully saturated rings. The highest BCUT2D eigenvalue weighted by Gasteiger charge is 2.31. The van der Waals surface area contributed by atoms with Gasteiger partial charge in [0, 0.05) is 68.0 Å². The zero-order valence-corrected chi connectivity index (χ0v) is 23.7. The Hall–Kier alpha value is -3.04. The Labute approximate surface area is 240 Å². The lowest BCUT2D eigenvalue weighted by Gasteiger charge is -2.36. The summed E-state index contributed by atoms with van der Waals surface area (Å²) in [4.78, 5) is 19.6. The average Bonchev–Trinajstić information content (AvgIpc) is 3.41. The molecular weight excluding hydrogens is 529 g/mol. The lowest BCUT2D eigenvalue weighted by Crippen LogP contribution is -2.46. The van der Waals surface area contributed by atoms with Gasteiger partial charge in [-0.05, 0) is 81.7 Å². The molecule has 2 aliphatic heterocycles. The van der Waals surface area contributed by atoms with Gasteiger partial charge in [0.1, 0.15) is 12.4 Å². The number of aromatic nitrogens is 1. The molecular formula is C32H41F3N4O2. The number of hydrogen-bond donors (Lipinski definition) is 0. The third-order valence-corrected chi connectivity index (χ3v) is 8.30. The third-order valence-electron chi connectivity index (χ3n) is 8.30. The van der Waals surface area contributed by atoms with Gasteiger partial charge in [-0.1, -0.05) is 18.9 Å². The predicted octanol–water partition coefficient (Wildman–Crippen LogP) is 6.55. The fourth-order valence-corrected chi connectivity index (χ4v) is 5.85. The Morgan fingerprint density at radius 3 is 2.32 bits per heavy atom. The van der Waals surface area contributed by atoms with Crippen molar-refractivity contribution in [2.75, 3.05) is 63.9 Å². The maximum atomic E-state index is 13.0. The quantitative estimate of drug-likeness (QED) is 0.245. The first-order chi connectivity index (χ1) is 19.8. The van der Waals surface area contributed by atoms with Crippen LogP contribution in [0, 0.1) is 0 Å². The van der Waals surface area contributed by atoms with Gasteiger partial charge in [-0.25, -0.2) is 0 Å². The van der Waals surface area contributed by atoms with Crippen molar-refractivity contribution >= 4 is 22.4 Å². The van der Waals surface area contributed by atoms with Crippen molar-refractivity contribution in [1.29, 1.82) is 0 Å². The first-order valence-corrected chi connectivity index (χ1v) is 15.0. The van der Waals surface area contributed by atoms with E-state index in [0.717, 1.165) is 81.1 Å². The van der Waals surface area contributed by atoms with Gasteiger partial charge < -0.3 is 9.64 Å². The smallest absolute Gasteiger partial charge is 0.416 e. The maximum absolute atomic E-state index is 13.0. The molecule has 6 nitrogen and oxygen atoms in total. The van der Waals surface area contributed by atoms with Gasteiger partial charge in [-0.3, -0.25) is 19.2 Å². The van der Waals surface area contributed by atoms with Crippen molar-refractivity contribution < 1.29 is 22.7 Å². The van der Waals surface area contributed by atoms with Crippen LogP contribution < -0.4 is 9.64 Å². The van der Waals surface area contributed by atoms with Crippen LogP contribution in [0.3, 0.4) is 0 Å². The first kappa shape index (κ1) is 29.5. The molecule has 0 bridgehead atoms. The van der Waals surface area contributed by atoms with E-state index in [-0.39, 0.29) is 5.91 Å². The third kappa shape index (κ3) is 8.26. The summed E-state index contributed by atoms with van der Waals surface area (Å²) < 4.78 is 46.8. The van der Waals surface area contributed by atoms with E-state index in [1.165, 1.54) is 31.4 Å². The molecule has 0 atom stereocenters. The highest BCUT2D eigenvalue weighted by atomic mass is 19.4. The van der Waals surface area contributed by atoms with Crippen LogP contribution in [0.15, 0.2) is 54.9 Å². The molecule has 0 radical (unpaired) electrons. The number of alkyl halides is 3. The van der Waals surface area contributed by atoms with Crippen molar-refractivity contribution in [2.45, 2.75) is 51.1 Å². The Balaban J connectivity index is 0.989. The Bertz CT molecular complexity index is 1280. The Morgan fingerprint density at radius 2 is 1.54 bits per heavy atom. The van der Waals surface area contributed by atoms with Crippen LogP contribution in [-0.4, -0.2) is 79.2 Å². The van der Waals surface area contributed by atoms with Crippen LogP contribution in [0.1, 0.15) is 55.3 Å². The minimum atomic E-state index is -4.32. The number of hydrogen-bond acceptors (Lipinski definition) is 5. The number of unbranched alkanes of at least 4 members (excludes halogenated alkanes) is 2. The van der Waals surface area contributed by atoms with Gasteiger partial charge >= 0.3 is 6.18 Å². The number of nitrogens with zero attached hydrogens (tertiary/aromatic N) is 4. The number of carbonyl (C=O) groups excluding carboxylic acids is 1. The zero-order valence-electron chi connectivity index (χ0n) is 23.7. The second-order valence-corrected chi connectivity index (χ2v) is 11.3. The molecule has 2 aliphatic rings. The number of halogens is 3. The van der Waals surface area contributed by atoms with Crippen LogP contribution in [-0.2, 0) is 6.18 Å². The molecule has 3 aromatic rings. The van der Waals surface area contributed by atoms with Gasteiger partial charge in [0.2, 0.25) is 5.91 Å². The molecule has 0 N–H and O–H groups in total. The zero-order chi connectivity index (χ0) is 28.7. The highest BCUT2D eigenvalue weighted by Crippen LogP contribution is 2.32. The van der Waals surface area contributed by atoms with Crippen LogP contribution in [0.25, 0.3) is 10.8 Å². The summed E-state index contributed by atoms with van der Waals surface area (Å²) in [6.45, 7) is 7.98. The predicted molar refractivity (Wildman–Crippen MR) is 157 cm³/mol. The van der Waals surface area contributed by atoms with Crippen LogP contribution in [0.2, 0.25) is 0 Å². The van der Waals surface area contributed by atoms with E-state index in [4.69, 9.17) is 4.74 Å². The van der Waals surface area contributed by atoms with E-state index in [9.17, 15) is 18.0 Å². The maximum Gasteiger partial charge on any atom is 0.416 e. The molecule has 2 aromatic carbocycles. The van der Waals surface area contributed by atoms with Crippen LogP contribution in [0.4, 0.5) is 18.9 Å². The van der Waals surface area contributed by atoms with Crippen molar-refractivity contribution in [2.24, 2.45) is 0 Å². The summed E-state index contributed by atoms with van der Waals surface area (Å²) in [5.74, 6) is 0.943. The number of ether oxygens (including phenoxy) is 1. The van der Waals surface area contributed by atoms with E-state index in [2.05, 4.69) is 9.80 Å². The minimum absolute atomic E-state index is 0.100. The number of anilines is 1. The number of piperidine rings is 1. The normalized spacial score (nSPS) is 17.3. The molecule has 0 spiro atoms. The number of fused-ring (bicyclic) bond motifs is 1. The molecule has 5 rings (SSSR count). The Kier molecular flexibility index (Phi) is 9.88. The average molecular weight is 571 g/mol. The lowest BCUT2D eigenvalue weighted by molar-refractivity contribution is -0.137. The number of benzene rings is 2. The number of carbonyl (C=O) groups is 1. The second-order valence-electron chi connectivity index (χ2n) is 11.3. The van der Waals surface area contributed by atoms with Gasteiger partial charge in [-0.2, -0.15) is 13.2 Å². The molecule has 0 aliphatic carbocycles.